The van der Waals surface area contributed by atoms with Gasteiger partial charge in [0.1, 0.15) is 11.5 Å². The van der Waals surface area contributed by atoms with Gasteiger partial charge in [-0.3, -0.25) is 0 Å². The van der Waals surface area contributed by atoms with Crippen molar-refractivity contribution < 1.29 is 59.3 Å². The van der Waals surface area contributed by atoms with Crippen molar-refractivity contribution in [2.24, 2.45) is 0 Å². The van der Waals surface area contributed by atoms with Gasteiger partial charge >= 0.3 is 30.1 Å². The van der Waals surface area contributed by atoms with Gasteiger partial charge in [0.25, 0.3) is 0 Å². The third-order valence-corrected chi connectivity index (χ3v) is 6.03. The van der Waals surface area contributed by atoms with Gasteiger partial charge in [-0.25, -0.2) is 9.59 Å². The molecule has 0 fully saturated rings. The number of hydrogen-bond donors (Lipinski definition) is 2. The van der Waals surface area contributed by atoms with Crippen LogP contribution in [-0.4, -0.2) is 43.9 Å². The fraction of sp³-hybridized carbons (Fsp3) is 0.290. The highest BCUT2D eigenvalue weighted by atomic mass is 19.4. The smallest absolute Gasteiger partial charge is 0.453 e. The maximum atomic E-state index is 14.6. The zero-order valence-corrected chi connectivity index (χ0v) is 24.0. The molecule has 0 unspecified atom stereocenters. The molecule has 15 heteroatoms. The van der Waals surface area contributed by atoms with Crippen LogP contribution in [0.1, 0.15) is 40.7 Å². The summed E-state index contributed by atoms with van der Waals surface area (Å²) in [5.41, 5.74) is 12.0. The van der Waals surface area contributed by atoms with Gasteiger partial charge in [0.15, 0.2) is 0 Å². The number of ether oxygens (including phenoxy) is 4. The monoisotopic (exact) mass is 658 g/mol. The summed E-state index contributed by atoms with van der Waals surface area (Å²) in [5.74, 6) is -6.37. The molecule has 0 saturated carbocycles. The molecule has 3 rings (SSSR count). The molecule has 0 aromatic heterocycles. The van der Waals surface area contributed by atoms with Gasteiger partial charge in [-0.05, 0) is 72.7 Å². The van der Waals surface area contributed by atoms with Gasteiger partial charge < -0.3 is 30.4 Å². The van der Waals surface area contributed by atoms with Crippen LogP contribution < -0.4 is 20.9 Å². The van der Waals surface area contributed by atoms with Crippen molar-refractivity contribution in [2.75, 3.05) is 31.3 Å². The van der Waals surface area contributed by atoms with Crippen LogP contribution in [0.4, 0.5) is 42.1 Å². The molecule has 3 aromatic rings. The van der Waals surface area contributed by atoms with E-state index in [0.29, 0.717) is 16.9 Å². The summed E-state index contributed by atoms with van der Waals surface area (Å²) in [6, 6.07) is 13.8. The van der Waals surface area contributed by atoms with Crippen molar-refractivity contribution >= 4 is 29.4 Å². The molecular weight excluding hydrogens is 629 g/mol. The summed E-state index contributed by atoms with van der Waals surface area (Å²) in [7, 11) is 0. The van der Waals surface area contributed by atoms with E-state index in [-0.39, 0.29) is 36.7 Å². The Hall–Kier alpha value is -4.95. The maximum Gasteiger partial charge on any atom is 0.453 e. The molecule has 4 N–H and O–H groups in total. The fourth-order valence-electron chi connectivity index (χ4n) is 3.71. The molecule has 0 aliphatic heterocycles. The molecule has 0 aliphatic rings. The Bertz CT molecular complexity index is 1470. The zero-order chi connectivity index (χ0) is 34.0. The van der Waals surface area contributed by atoms with Crippen LogP contribution in [0.15, 0.2) is 72.8 Å². The van der Waals surface area contributed by atoms with Gasteiger partial charge in [0.2, 0.25) is 0 Å². The van der Waals surface area contributed by atoms with Gasteiger partial charge in [-0.15, -0.1) is 0 Å². The van der Waals surface area contributed by atoms with E-state index in [0.717, 1.165) is 30.3 Å². The topological polar surface area (TPSA) is 123 Å². The van der Waals surface area contributed by atoms with E-state index in [2.05, 4.69) is 0 Å². The predicted octanol–water partition coefficient (Wildman–Crippen LogP) is 7.14. The van der Waals surface area contributed by atoms with E-state index < -0.39 is 55.2 Å². The largest absolute Gasteiger partial charge is 0.494 e. The van der Waals surface area contributed by atoms with Crippen LogP contribution in [-0.2, 0) is 20.4 Å². The summed E-state index contributed by atoms with van der Waals surface area (Å²) in [6.45, 7) is -0.534. The Morgan fingerprint density at radius 3 is 1.91 bits per heavy atom. The number of carbonyl (C=O) groups is 2. The van der Waals surface area contributed by atoms with E-state index in [4.69, 9.17) is 30.4 Å². The van der Waals surface area contributed by atoms with Gasteiger partial charge in [0.05, 0.1) is 30.9 Å². The summed E-state index contributed by atoms with van der Waals surface area (Å²) >= 11 is 0. The average molecular weight is 659 g/mol. The number of hydrogen-bond acceptors (Lipinski definition) is 8. The highest BCUT2D eigenvalue weighted by molar-refractivity contribution is 5.91. The first-order valence-corrected chi connectivity index (χ1v) is 13.6. The minimum absolute atomic E-state index is 0.00649. The van der Waals surface area contributed by atoms with Crippen LogP contribution >= 0.6 is 0 Å². The lowest BCUT2D eigenvalue weighted by atomic mass is 10.2. The number of nitrogen functional groups attached to an aromatic ring is 2. The minimum atomic E-state index is -5.66. The van der Waals surface area contributed by atoms with E-state index in [9.17, 15) is 40.3 Å². The van der Waals surface area contributed by atoms with Gasteiger partial charge in [-0.2, -0.15) is 30.7 Å². The number of halogens is 7. The van der Waals surface area contributed by atoms with E-state index >= 15 is 0 Å². The highest BCUT2D eigenvalue weighted by Crippen LogP contribution is 2.39. The molecule has 0 aliphatic carbocycles. The maximum absolute atomic E-state index is 14.6. The van der Waals surface area contributed by atoms with Crippen LogP contribution in [0, 0.1) is 0 Å². The van der Waals surface area contributed by atoms with Crippen molar-refractivity contribution in [3.05, 3.63) is 89.5 Å². The van der Waals surface area contributed by atoms with Gasteiger partial charge in [-0.1, -0.05) is 12.1 Å². The molecule has 0 amide bonds. The Morgan fingerprint density at radius 2 is 1.30 bits per heavy atom. The summed E-state index contributed by atoms with van der Waals surface area (Å²) < 4.78 is 112. The van der Waals surface area contributed by atoms with Crippen molar-refractivity contribution in [3.8, 4) is 11.5 Å². The van der Waals surface area contributed by atoms with Crippen LogP contribution in [0.3, 0.4) is 0 Å². The van der Waals surface area contributed by atoms with Gasteiger partial charge in [0, 0.05) is 30.3 Å². The Morgan fingerprint density at radius 1 is 0.717 bits per heavy atom. The van der Waals surface area contributed by atoms with Crippen molar-refractivity contribution in [2.45, 2.75) is 37.5 Å². The molecule has 0 bridgehead atoms. The Balaban J connectivity index is 1.39. The summed E-state index contributed by atoms with van der Waals surface area (Å²) in [5, 5.41) is 0. The number of esters is 2. The standard InChI is InChI=1S/C31H29F7N2O6/c32-29(33,31(36,37)38)13-1-14-43-25-10-6-22(7-11-25)30(34,35)46-26-8-3-20(4-9-26)5-12-27(41)44-15-2-16-45-28(42)21-17-23(39)19-24(40)18-21/h3-12,17-19H,1-2,13-16,39-40H2. The van der Waals surface area contributed by atoms with Crippen LogP contribution in [0.25, 0.3) is 6.08 Å². The number of alkyl halides is 7. The Kier molecular flexibility index (Phi) is 11.9. The molecule has 8 nitrogen and oxygen atoms in total. The summed E-state index contributed by atoms with van der Waals surface area (Å²) in [6.07, 6.45) is -8.79. The zero-order valence-electron chi connectivity index (χ0n) is 24.0. The second-order valence-corrected chi connectivity index (χ2v) is 9.75. The van der Waals surface area contributed by atoms with Crippen molar-refractivity contribution in [1.82, 2.24) is 0 Å². The van der Waals surface area contributed by atoms with Crippen LogP contribution in [0.5, 0.6) is 11.5 Å². The van der Waals surface area contributed by atoms with Crippen molar-refractivity contribution in [1.29, 1.82) is 0 Å². The first-order valence-electron chi connectivity index (χ1n) is 13.6. The minimum Gasteiger partial charge on any atom is -0.494 e. The molecule has 0 atom stereocenters. The molecule has 0 spiro atoms. The first kappa shape index (κ1) is 35.5. The van der Waals surface area contributed by atoms with E-state index in [1.807, 2.05) is 0 Å². The molecule has 0 radical (unpaired) electrons. The third kappa shape index (κ3) is 10.9. The average Bonchev–Trinajstić information content (AvgIpc) is 2.97. The molecule has 248 valence electrons. The number of nitrogens with two attached hydrogens (primary N) is 2. The number of anilines is 2. The quantitative estimate of drug-likeness (QED) is 0.0581. The second kappa shape index (κ2) is 15.4. The summed E-state index contributed by atoms with van der Waals surface area (Å²) in [4.78, 5) is 24.0. The van der Waals surface area contributed by atoms with E-state index in [1.165, 1.54) is 48.5 Å². The normalized spacial score (nSPS) is 12.2. The lowest BCUT2D eigenvalue weighted by Crippen LogP contribution is -2.36. The first-order chi connectivity index (χ1) is 21.6. The lowest BCUT2D eigenvalue weighted by molar-refractivity contribution is -0.284. The fourth-order valence-corrected chi connectivity index (χ4v) is 3.71. The SMILES string of the molecule is Nc1cc(N)cc(C(=O)OCCCOC(=O)C=Cc2ccc(OC(F)(F)c3ccc(OCCCC(F)(F)C(F)(F)F)cc3)cc2)c1. The van der Waals surface area contributed by atoms with Crippen LogP contribution in [0.2, 0.25) is 0 Å². The number of carbonyl (C=O) groups excluding carboxylic acids is 2. The second-order valence-electron chi connectivity index (χ2n) is 9.75. The molecule has 0 saturated heterocycles. The molecule has 46 heavy (non-hydrogen) atoms. The highest BCUT2D eigenvalue weighted by Gasteiger charge is 2.56. The third-order valence-electron chi connectivity index (χ3n) is 6.03. The molecular formula is C31H29F7N2O6. The molecule has 0 heterocycles. The van der Waals surface area contributed by atoms with E-state index in [1.54, 1.807) is 0 Å². The Labute approximate surface area is 258 Å². The predicted molar refractivity (Wildman–Crippen MR) is 153 cm³/mol. The lowest BCUT2D eigenvalue weighted by Gasteiger charge is -2.20. The number of rotatable bonds is 15. The number of benzene rings is 3. The molecule has 3 aromatic carbocycles. The van der Waals surface area contributed by atoms with Crippen molar-refractivity contribution in [3.63, 3.8) is 0 Å².